The van der Waals surface area contributed by atoms with Gasteiger partial charge in [-0.25, -0.2) is 0 Å². The van der Waals surface area contributed by atoms with Crippen molar-refractivity contribution >= 4 is 26.9 Å². The summed E-state index contributed by atoms with van der Waals surface area (Å²) in [6.07, 6.45) is 4.67. The highest BCUT2D eigenvalue weighted by molar-refractivity contribution is 9.10. The van der Waals surface area contributed by atoms with E-state index in [1.165, 1.54) is 37.1 Å². The molecule has 1 unspecified atom stereocenters. The summed E-state index contributed by atoms with van der Waals surface area (Å²) >= 11 is 3.60. The van der Waals surface area contributed by atoms with Gasteiger partial charge >= 0.3 is 0 Å². The van der Waals surface area contributed by atoms with Gasteiger partial charge in [0, 0.05) is 21.5 Å². The minimum absolute atomic E-state index is 0.463. The van der Waals surface area contributed by atoms with E-state index in [1.54, 1.807) is 0 Å². The fourth-order valence-electron chi connectivity index (χ4n) is 4.80. The van der Waals surface area contributed by atoms with Crippen LogP contribution in [0.25, 0.3) is 22.3 Å². The first kappa shape index (κ1) is 17.0. The topological polar surface area (TPSA) is 40.2 Å². The zero-order valence-electron chi connectivity index (χ0n) is 15.4. The molecule has 2 aromatic carbocycles. The molecule has 2 aliphatic rings. The molecule has 0 amide bonds. The first-order valence-electron chi connectivity index (χ1n) is 9.66. The average Bonchev–Trinajstić information content (AvgIpc) is 3.40. The molecular formula is C23H21BrN2O. The maximum Gasteiger partial charge on any atom is 0.152 e. The molecule has 1 saturated heterocycles. The lowest BCUT2D eigenvalue weighted by Gasteiger charge is -2.24. The summed E-state index contributed by atoms with van der Waals surface area (Å²) in [5.74, 6) is 0.835. The molecule has 5 rings (SSSR count). The molecule has 1 aliphatic heterocycles. The van der Waals surface area contributed by atoms with Gasteiger partial charge in [0.05, 0.1) is 5.56 Å². The maximum absolute atomic E-state index is 9.90. The molecule has 2 heterocycles. The van der Waals surface area contributed by atoms with E-state index < -0.39 is 0 Å². The Hall–Kier alpha value is -2.09. The van der Waals surface area contributed by atoms with Gasteiger partial charge in [0.1, 0.15) is 11.8 Å². The van der Waals surface area contributed by atoms with Crippen molar-refractivity contribution in [1.82, 2.24) is 4.90 Å². The Morgan fingerprint density at radius 2 is 2.04 bits per heavy atom. The second-order valence-corrected chi connectivity index (χ2v) is 8.52. The Morgan fingerprint density at radius 3 is 2.81 bits per heavy atom. The van der Waals surface area contributed by atoms with Crippen LogP contribution in [0.15, 0.2) is 39.2 Å². The van der Waals surface area contributed by atoms with Crippen LogP contribution in [0, 0.1) is 18.3 Å². The van der Waals surface area contributed by atoms with E-state index in [-0.39, 0.29) is 0 Å². The highest BCUT2D eigenvalue weighted by atomic mass is 79.9. The van der Waals surface area contributed by atoms with Crippen LogP contribution in [0.5, 0.6) is 0 Å². The summed E-state index contributed by atoms with van der Waals surface area (Å²) in [5.41, 5.74) is 6.25. The van der Waals surface area contributed by atoms with Gasteiger partial charge in [0.25, 0.3) is 0 Å². The van der Waals surface area contributed by atoms with Crippen molar-refractivity contribution < 1.29 is 4.42 Å². The van der Waals surface area contributed by atoms with Crippen molar-refractivity contribution in [3.8, 4) is 17.4 Å². The van der Waals surface area contributed by atoms with E-state index in [0.29, 0.717) is 6.04 Å². The molecule has 0 N–H and O–H groups in total. The molecule has 1 fully saturated rings. The quantitative estimate of drug-likeness (QED) is 0.500. The van der Waals surface area contributed by atoms with Gasteiger partial charge in [0.2, 0.25) is 0 Å². The molecule has 0 spiro atoms. The van der Waals surface area contributed by atoms with Crippen LogP contribution in [-0.4, -0.2) is 18.0 Å². The molecule has 0 radical (unpaired) electrons. The molecule has 1 atom stereocenters. The number of halogens is 1. The molecule has 4 heteroatoms. The lowest BCUT2D eigenvalue weighted by Crippen LogP contribution is -2.23. The molecule has 27 heavy (non-hydrogen) atoms. The Morgan fingerprint density at radius 1 is 1.22 bits per heavy atom. The number of hydrogen-bond donors (Lipinski definition) is 0. The monoisotopic (exact) mass is 420 g/mol. The fraction of sp³-hybridized carbons (Fsp3) is 0.348. The molecule has 3 nitrogen and oxygen atoms in total. The lowest BCUT2D eigenvalue weighted by molar-refractivity contribution is 0.245. The Bertz CT molecular complexity index is 1090. The van der Waals surface area contributed by atoms with Crippen molar-refractivity contribution in [1.29, 1.82) is 5.26 Å². The predicted molar refractivity (Wildman–Crippen MR) is 111 cm³/mol. The normalized spacial score (nSPS) is 19.5. The summed E-state index contributed by atoms with van der Waals surface area (Å²) in [6.45, 7) is 4.44. The van der Waals surface area contributed by atoms with Gasteiger partial charge in [-0.05, 0) is 80.6 Å². The zero-order chi connectivity index (χ0) is 18.5. The largest absolute Gasteiger partial charge is 0.455 e. The smallest absolute Gasteiger partial charge is 0.152 e. The molecule has 1 aromatic heterocycles. The third kappa shape index (κ3) is 2.64. The molecule has 3 aromatic rings. The zero-order valence-corrected chi connectivity index (χ0v) is 17.0. The van der Waals surface area contributed by atoms with Crippen LogP contribution in [-0.2, 0) is 6.42 Å². The van der Waals surface area contributed by atoms with Gasteiger partial charge < -0.3 is 4.42 Å². The number of nitriles is 1. The van der Waals surface area contributed by atoms with E-state index in [4.69, 9.17) is 4.42 Å². The number of nitrogens with zero attached hydrogens (tertiary/aromatic N) is 2. The predicted octanol–water partition coefficient (Wildman–Crippen LogP) is 6.13. The highest BCUT2D eigenvalue weighted by Crippen LogP contribution is 2.43. The number of fused-ring (bicyclic) bond motifs is 2. The van der Waals surface area contributed by atoms with Gasteiger partial charge in [-0.15, -0.1) is 0 Å². The number of benzene rings is 2. The van der Waals surface area contributed by atoms with Gasteiger partial charge in [-0.2, -0.15) is 5.26 Å². The highest BCUT2D eigenvalue weighted by Gasteiger charge is 2.33. The number of rotatable bonds is 2. The molecule has 0 saturated carbocycles. The molecule has 0 bridgehead atoms. The van der Waals surface area contributed by atoms with Crippen molar-refractivity contribution in [2.24, 2.45) is 0 Å². The standard InChI is InChI=1S/C23H21BrN2O/c1-14-16(5-4-6-20(14)24)22-12-15-11-18-17(19(13-25)23(15)27-22)7-8-21(18)26-9-2-3-10-26/h4-6,11-12,21H,2-3,7-10H2,1H3. The minimum Gasteiger partial charge on any atom is -0.455 e. The first-order valence-corrected chi connectivity index (χ1v) is 10.5. The van der Waals surface area contributed by atoms with Gasteiger partial charge in [0.15, 0.2) is 5.58 Å². The fourth-order valence-corrected chi connectivity index (χ4v) is 5.17. The van der Waals surface area contributed by atoms with Crippen molar-refractivity contribution in [2.45, 2.75) is 38.6 Å². The van der Waals surface area contributed by atoms with Gasteiger partial charge in [-0.1, -0.05) is 28.1 Å². The van der Waals surface area contributed by atoms with Crippen LogP contribution in [0.3, 0.4) is 0 Å². The molecular weight excluding hydrogens is 400 g/mol. The third-order valence-corrected chi connectivity index (χ3v) is 7.06. The Kier molecular flexibility index (Phi) is 4.11. The first-order chi connectivity index (χ1) is 13.2. The average molecular weight is 421 g/mol. The summed E-state index contributed by atoms with van der Waals surface area (Å²) in [4.78, 5) is 2.60. The second kappa shape index (κ2) is 6.51. The van der Waals surface area contributed by atoms with Crippen LogP contribution in [0.2, 0.25) is 0 Å². The van der Waals surface area contributed by atoms with Crippen LogP contribution >= 0.6 is 15.9 Å². The summed E-state index contributed by atoms with van der Waals surface area (Å²) in [5, 5.41) is 10.9. The van der Waals surface area contributed by atoms with E-state index in [0.717, 1.165) is 50.7 Å². The van der Waals surface area contributed by atoms with Crippen LogP contribution < -0.4 is 0 Å². The second-order valence-electron chi connectivity index (χ2n) is 7.67. The van der Waals surface area contributed by atoms with E-state index in [2.05, 4.69) is 52.0 Å². The minimum atomic E-state index is 0.463. The van der Waals surface area contributed by atoms with E-state index in [1.807, 2.05) is 12.1 Å². The van der Waals surface area contributed by atoms with Gasteiger partial charge in [-0.3, -0.25) is 4.90 Å². The number of likely N-dealkylation sites (tertiary alicyclic amines) is 1. The summed E-state index contributed by atoms with van der Waals surface area (Å²) in [6, 6.07) is 13.4. The summed E-state index contributed by atoms with van der Waals surface area (Å²) < 4.78 is 7.31. The maximum atomic E-state index is 9.90. The lowest BCUT2D eigenvalue weighted by atomic mass is 9.99. The number of furan rings is 1. The third-order valence-electron chi connectivity index (χ3n) is 6.20. The Labute approximate surface area is 167 Å². The van der Waals surface area contributed by atoms with Crippen molar-refractivity contribution in [3.63, 3.8) is 0 Å². The van der Waals surface area contributed by atoms with Crippen molar-refractivity contribution in [3.05, 3.63) is 57.1 Å². The SMILES string of the molecule is Cc1c(Br)cccc1-c1cc2cc3c(c(C#N)c2o1)CCC3N1CCCC1. The van der Waals surface area contributed by atoms with Crippen molar-refractivity contribution in [2.75, 3.05) is 13.1 Å². The van der Waals surface area contributed by atoms with E-state index >= 15 is 0 Å². The van der Waals surface area contributed by atoms with Crippen LogP contribution in [0.4, 0.5) is 0 Å². The summed E-state index contributed by atoms with van der Waals surface area (Å²) in [7, 11) is 0. The Balaban J connectivity index is 1.68. The molecule has 136 valence electrons. The van der Waals surface area contributed by atoms with E-state index in [9.17, 15) is 5.26 Å². The van der Waals surface area contributed by atoms with Crippen LogP contribution in [0.1, 0.15) is 47.6 Å². The number of hydrogen-bond acceptors (Lipinski definition) is 3. The molecule has 1 aliphatic carbocycles.